The highest BCUT2D eigenvalue weighted by atomic mass is 16.5. The van der Waals surface area contributed by atoms with Crippen molar-refractivity contribution in [3.63, 3.8) is 0 Å². The van der Waals surface area contributed by atoms with Gasteiger partial charge in [0.2, 0.25) is 0 Å². The largest absolute Gasteiger partial charge is 0.494 e. The highest BCUT2D eigenvalue weighted by Gasteiger charge is 2.21. The van der Waals surface area contributed by atoms with Crippen molar-refractivity contribution in [1.82, 2.24) is 14.0 Å². The molecule has 1 fully saturated rings. The Kier molecular flexibility index (Phi) is 6.36. The number of aryl methyl sites for hydroxylation is 1. The van der Waals surface area contributed by atoms with Crippen LogP contribution in [0.3, 0.4) is 0 Å². The van der Waals surface area contributed by atoms with Crippen LogP contribution in [0.5, 0.6) is 5.75 Å². The lowest BCUT2D eigenvalue weighted by molar-refractivity contribution is 0.0952. The van der Waals surface area contributed by atoms with Crippen LogP contribution in [0.15, 0.2) is 58.4 Å². The minimum Gasteiger partial charge on any atom is -0.494 e. The molecule has 1 saturated heterocycles. The molecule has 9 heteroatoms. The summed E-state index contributed by atoms with van der Waals surface area (Å²) >= 11 is 0. The highest BCUT2D eigenvalue weighted by Crippen LogP contribution is 2.18. The molecular formula is C27H25N5O4. The number of hydrogen-bond donors (Lipinski definition) is 0. The highest BCUT2D eigenvalue weighted by molar-refractivity contribution is 5.95. The van der Waals surface area contributed by atoms with Gasteiger partial charge in [0.1, 0.15) is 23.1 Å². The predicted molar refractivity (Wildman–Crippen MR) is 133 cm³/mol. The molecular weight excluding hydrogens is 458 g/mol. The van der Waals surface area contributed by atoms with Crippen LogP contribution in [0.25, 0.3) is 16.7 Å². The van der Waals surface area contributed by atoms with Crippen molar-refractivity contribution < 1.29 is 14.3 Å². The Hall–Kier alpha value is -4.29. The third-order valence-corrected chi connectivity index (χ3v) is 6.26. The van der Waals surface area contributed by atoms with Gasteiger partial charge in [-0.05, 0) is 68.7 Å². The minimum absolute atomic E-state index is 0.117. The van der Waals surface area contributed by atoms with Crippen molar-refractivity contribution in [1.29, 1.82) is 5.26 Å². The summed E-state index contributed by atoms with van der Waals surface area (Å²) in [5.74, 6) is 0.140. The molecule has 0 saturated carbocycles. The smallest absolute Gasteiger partial charge is 0.278 e. The Morgan fingerprint density at radius 3 is 2.78 bits per heavy atom. The van der Waals surface area contributed by atoms with Crippen LogP contribution < -0.4 is 15.8 Å². The standard InChI is InChI=1S/C27H25N5O4/c1-3-35-20-10-8-18(9-11-20)26(33)30-24-19(15-28)14-22-25(32(24)16-21-7-5-13-36-21)29-23-17(2)6-4-12-31(23)27(22)34/h4,6,8-12,14,21H,3,5,7,13,16H2,1-2H3. The quantitative estimate of drug-likeness (QED) is 0.403. The predicted octanol–water partition coefficient (Wildman–Crippen LogP) is 3.15. The van der Waals surface area contributed by atoms with Crippen molar-refractivity contribution in [2.45, 2.75) is 39.3 Å². The summed E-state index contributed by atoms with van der Waals surface area (Å²) in [6.45, 7) is 5.23. The van der Waals surface area contributed by atoms with Gasteiger partial charge < -0.3 is 14.0 Å². The normalized spacial score (nSPS) is 15.9. The average Bonchev–Trinajstić information content (AvgIpc) is 3.40. The molecule has 182 valence electrons. The Labute approximate surface area is 206 Å². The summed E-state index contributed by atoms with van der Waals surface area (Å²) in [7, 11) is 0. The van der Waals surface area contributed by atoms with Gasteiger partial charge in [0, 0.05) is 18.4 Å². The number of benzene rings is 1. The Morgan fingerprint density at radius 2 is 2.08 bits per heavy atom. The van der Waals surface area contributed by atoms with E-state index in [0.717, 1.165) is 18.4 Å². The number of rotatable bonds is 5. The van der Waals surface area contributed by atoms with E-state index < -0.39 is 5.91 Å². The van der Waals surface area contributed by atoms with Crippen molar-refractivity contribution in [2.24, 2.45) is 4.99 Å². The summed E-state index contributed by atoms with van der Waals surface area (Å²) in [4.78, 5) is 35.7. The fourth-order valence-electron chi connectivity index (χ4n) is 4.48. The third-order valence-electron chi connectivity index (χ3n) is 6.26. The molecule has 0 spiro atoms. The maximum absolute atomic E-state index is 13.4. The molecule has 5 rings (SSSR count). The number of amides is 1. The Balaban J connectivity index is 1.77. The fraction of sp³-hybridized carbons (Fsp3) is 0.296. The lowest BCUT2D eigenvalue weighted by atomic mass is 10.1. The van der Waals surface area contributed by atoms with Crippen molar-refractivity contribution in [3.8, 4) is 11.8 Å². The van der Waals surface area contributed by atoms with Gasteiger partial charge in [-0.25, -0.2) is 4.98 Å². The third kappa shape index (κ3) is 4.27. The van der Waals surface area contributed by atoms with E-state index in [2.05, 4.69) is 11.1 Å². The first-order valence-electron chi connectivity index (χ1n) is 11.9. The van der Waals surface area contributed by atoms with Crippen LogP contribution >= 0.6 is 0 Å². The fourth-order valence-corrected chi connectivity index (χ4v) is 4.48. The molecule has 0 N–H and O–H groups in total. The molecule has 1 aromatic carbocycles. The van der Waals surface area contributed by atoms with Gasteiger partial charge in [-0.15, -0.1) is 0 Å². The van der Waals surface area contributed by atoms with E-state index in [1.165, 1.54) is 10.5 Å². The average molecular weight is 484 g/mol. The first-order chi connectivity index (χ1) is 17.5. The van der Waals surface area contributed by atoms with Crippen LogP contribution in [0, 0.1) is 18.3 Å². The van der Waals surface area contributed by atoms with E-state index in [-0.39, 0.29) is 28.1 Å². The lowest BCUT2D eigenvalue weighted by Gasteiger charge is -2.17. The van der Waals surface area contributed by atoms with Crippen molar-refractivity contribution in [3.05, 3.63) is 81.2 Å². The summed E-state index contributed by atoms with van der Waals surface area (Å²) in [6, 6.07) is 13.9. The van der Waals surface area contributed by atoms with E-state index in [4.69, 9.17) is 14.5 Å². The number of ether oxygens (including phenoxy) is 2. The molecule has 1 aliphatic heterocycles. The molecule has 0 bridgehead atoms. The zero-order valence-corrected chi connectivity index (χ0v) is 20.1. The number of carbonyl (C=O) groups excluding carboxylic acids is 1. The van der Waals surface area contributed by atoms with E-state index >= 15 is 0 Å². The second kappa shape index (κ2) is 9.76. The monoisotopic (exact) mass is 483 g/mol. The zero-order valence-electron chi connectivity index (χ0n) is 20.1. The molecule has 4 aromatic rings. The molecule has 0 radical (unpaired) electrons. The molecule has 1 aliphatic rings. The van der Waals surface area contributed by atoms with E-state index in [9.17, 15) is 14.9 Å². The van der Waals surface area contributed by atoms with Crippen LogP contribution in [-0.4, -0.2) is 39.2 Å². The zero-order chi connectivity index (χ0) is 25.2. The van der Waals surface area contributed by atoms with Crippen molar-refractivity contribution in [2.75, 3.05) is 13.2 Å². The maximum Gasteiger partial charge on any atom is 0.278 e. The van der Waals surface area contributed by atoms with Gasteiger partial charge >= 0.3 is 0 Å². The summed E-state index contributed by atoms with van der Waals surface area (Å²) in [5.41, 5.74) is 2.03. The second-order valence-electron chi connectivity index (χ2n) is 8.65. The van der Waals surface area contributed by atoms with Gasteiger partial charge in [0.15, 0.2) is 5.49 Å². The van der Waals surface area contributed by atoms with Crippen LogP contribution in [0.2, 0.25) is 0 Å². The van der Waals surface area contributed by atoms with Gasteiger partial charge in [-0.3, -0.25) is 14.0 Å². The van der Waals surface area contributed by atoms with Crippen LogP contribution in [0.4, 0.5) is 0 Å². The number of aromatic nitrogens is 3. The van der Waals surface area contributed by atoms with Gasteiger partial charge in [-0.1, -0.05) is 6.07 Å². The van der Waals surface area contributed by atoms with Crippen LogP contribution in [-0.2, 0) is 11.3 Å². The topological polar surface area (TPSA) is 111 Å². The van der Waals surface area contributed by atoms with E-state index in [1.807, 2.05) is 19.9 Å². The maximum atomic E-state index is 13.4. The molecule has 4 heterocycles. The van der Waals surface area contributed by atoms with Gasteiger partial charge in [-0.2, -0.15) is 10.3 Å². The molecule has 9 nitrogen and oxygen atoms in total. The molecule has 1 unspecified atom stereocenters. The summed E-state index contributed by atoms with van der Waals surface area (Å²) in [6.07, 6.45) is 3.25. The Bertz CT molecular complexity index is 1640. The molecule has 1 atom stereocenters. The van der Waals surface area contributed by atoms with Gasteiger partial charge in [0.25, 0.3) is 11.5 Å². The molecule has 1 amide bonds. The number of nitriles is 1. The SMILES string of the molecule is CCOc1ccc(C(=O)N=c2c(C#N)cc3c(=O)n4cccc(C)c4nc3n2CC2CCCO2)cc1. The number of carbonyl (C=O) groups is 1. The minimum atomic E-state index is -0.510. The molecule has 3 aromatic heterocycles. The number of pyridine rings is 2. The lowest BCUT2D eigenvalue weighted by Crippen LogP contribution is -2.33. The first-order valence-corrected chi connectivity index (χ1v) is 11.9. The molecule has 36 heavy (non-hydrogen) atoms. The summed E-state index contributed by atoms with van der Waals surface area (Å²) in [5, 5.41) is 10.3. The second-order valence-corrected chi connectivity index (χ2v) is 8.65. The number of nitrogens with zero attached hydrogens (tertiary/aromatic N) is 5. The Morgan fingerprint density at radius 1 is 1.28 bits per heavy atom. The number of fused-ring (bicyclic) bond motifs is 2. The van der Waals surface area contributed by atoms with E-state index in [0.29, 0.717) is 42.4 Å². The molecule has 0 aliphatic carbocycles. The van der Waals surface area contributed by atoms with E-state index in [1.54, 1.807) is 41.1 Å². The van der Waals surface area contributed by atoms with Crippen LogP contribution in [0.1, 0.15) is 41.3 Å². The van der Waals surface area contributed by atoms with Crippen molar-refractivity contribution >= 4 is 22.6 Å². The van der Waals surface area contributed by atoms with Gasteiger partial charge in [0.05, 0.1) is 30.2 Å². The number of hydrogen-bond acceptors (Lipinski definition) is 6. The first kappa shape index (κ1) is 23.5. The summed E-state index contributed by atoms with van der Waals surface area (Å²) < 4.78 is 14.5.